The SMILES string of the molecule is Cl.NC(Cc1ccccc1)C(=O)Nc1ccc(NC(=O)C2CCCO2)cc1. The molecule has 27 heavy (non-hydrogen) atoms. The lowest BCUT2D eigenvalue weighted by Crippen LogP contribution is -2.37. The van der Waals surface area contributed by atoms with Crippen molar-refractivity contribution in [1.29, 1.82) is 0 Å². The molecule has 7 heteroatoms. The molecular weight excluding hydrogens is 366 g/mol. The highest BCUT2D eigenvalue weighted by Gasteiger charge is 2.23. The first-order valence-electron chi connectivity index (χ1n) is 8.75. The zero-order valence-corrected chi connectivity index (χ0v) is 15.7. The Morgan fingerprint density at radius 3 is 2.26 bits per heavy atom. The zero-order valence-electron chi connectivity index (χ0n) is 14.9. The van der Waals surface area contributed by atoms with Crippen LogP contribution in [0, 0.1) is 0 Å². The Kier molecular flexibility index (Phi) is 7.79. The summed E-state index contributed by atoms with van der Waals surface area (Å²) in [4.78, 5) is 24.2. The summed E-state index contributed by atoms with van der Waals surface area (Å²) in [5.41, 5.74) is 8.29. The second-order valence-corrected chi connectivity index (χ2v) is 6.35. The number of halogens is 1. The molecule has 2 aromatic carbocycles. The predicted molar refractivity (Wildman–Crippen MR) is 108 cm³/mol. The molecule has 2 unspecified atom stereocenters. The number of nitrogens with two attached hydrogens (primary N) is 1. The van der Waals surface area contributed by atoms with Crippen LogP contribution in [0.3, 0.4) is 0 Å². The van der Waals surface area contributed by atoms with Crippen molar-refractivity contribution in [3.05, 3.63) is 60.2 Å². The fraction of sp³-hybridized carbons (Fsp3) is 0.300. The smallest absolute Gasteiger partial charge is 0.253 e. The van der Waals surface area contributed by atoms with Crippen LogP contribution in [0.1, 0.15) is 18.4 Å². The summed E-state index contributed by atoms with van der Waals surface area (Å²) in [6.07, 6.45) is 1.76. The molecule has 6 nitrogen and oxygen atoms in total. The van der Waals surface area contributed by atoms with Crippen molar-refractivity contribution in [3.8, 4) is 0 Å². The number of hydrogen-bond donors (Lipinski definition) is 3. The molecule has 2 atom stereocenters. The number of hydrogen-bond acceptors (Lipinski definition) is 4. The summed E-state index contributed by atoms with van der Waals surface area (Å²) in [5.74, 6) is -0.380. The van der Waals surface area contributed by atoms with Crippen molar-refractivity contribution in [2.75, 3.05) is 17.2 Å². The van der Waals surface area contributed by atoms with Crippen LogP contribution >= 0.6 is 12.4 Å². The second-order valence-electron chi connectivity index (χ2n) is 6.35. The number of nitrogens with one attached hydrogen (secondary N) is 2. The average Bonchev–Trinajstić information content (AvgIpc) is 3.19. The molecule has 0 aromatic heterocycles. The van der Waals surface area contributed by atoms with E-state index in [9.17, 15) is 9.59 Å². The molecule has 1 saturated heterocycles. The highest BCUT2D eigenvalue weighted by Crippen LogP contribution is 2.17. The fourth-order valence-electron chi connectivity index (χ4n) is 2.84. The monoisotopic (exact) mass is 389 g/mol. The number of anilines is 2. The number of benzene rings is 2. The van der Waals surface area contributed by atoms with Gasteiger partial charge in [0.2, 0.25) is 5.91 Å². The molecule has 0 radical (unpaired) electrons. The van der Waals surface area contributed by atoms with Gasteiger partial charge in [-0.3, -0.25) is 9.59 Å². The minimum atomic E-state index is -0.628. The Hall–Kier alpha value is -2.41. The van der Waals surface area contributed by atoms with Gasteiger partial charge in [0.25, 0.3) is 5.91 Å². The first-order valence-corrected chi connectivity index (χ1v) is 8.75. The molecule has 0 saturated carbocycles. The van der Waals surface area contributed by atoms with Gasteiger partial charge in [0, 0.05) is 18.0 Å². The molecular formula is C20H24ClN3O3. The maximum absolute atomic E-state index is 12.2. The summed E-state index contributed by atoms with van der Waals surface area (Å²) in [7, 11) is 0. The van der Waals surface area contributed by atoms with E-state index in [-0.39, 0.29) is 30.3 Å². The Balaban J connectivity index is 0.00000261. The Labute approximate surface area is 164 Å². The van der Waals surface area contributed by atoms with Gasteiger partial charge in [-0.25, -0.2) is 0 Å². The number of amides is 2. The first kappa shape index (κ1) is 20.9. The van der Waals surface area contributed by atoms with E-state index in [4.69, 9.17) is 10.5 Å². The van der Waals surface area contributed by atoms with Crippen LogP contribution in [0.2, 0.25) is 0 Å². The highest BCUT2D eigenvalue weighted by atomic mass is 35.5. The Morgan fingerprint density at radius 2 is 1.67 bits per heavy atom. The largest absolute Gasteiger partial charge is 0.368 e. The quantitative estimate of drug-likeness (QED) is 0.708. The van der Waals surface area contributed by atoms with Crippen molar-refractivity contribution in [1.82, 2.24) is 0 Å². The van der Waals surface area contributed by atoms with E-state index in [2.05, 4.69) is 10.6 Å². The molecule has 1 heterocycles. The first-order chi connectivity index (χ1) is 12.6. The third-order valence-electron chi connectivity index (χ3n) is 4.28. The van der Waals surface area contributed by atoms with E-state index in [1.165, 1.54) is 0 Å². The van der Waals surface area contributed by atoms with Gasteiger partial charge in [0.05, 0.1) is 6.04 Å². The number of carbonyl (C=O) groups excluding carboxylic acids is 2. The van der Waals surface area contributed by atoms with Crippen molar-refractivity contribution < 1.29 is 14.3 Å². The molecule has 0 aliphatic carbocycles. The van der Waals surface area contributed by atoms with Gasteiger partial charge >= 0.3 is 0 Å². The summed E-state index contributed by atoms with van der Waals surface area (Å²) in [6, 6.07) is 16.0. The number of carbonyl (C=O) groups is 2. The van der Waals surface area contributed by atoms with Gasteiger partial charge in [0.1, 0.15) is 6.10 Å². The van der Waals surface area contributed by atoms with Gasteiger partial charge in [0.15, 0.2) is 0 Å². The van der Waals surface area contributed by atoms with E-state index in [0.717, 1.165) is 18.4 Å². The van der Waals surface area contributed by atoms with E-state index < -0.39 is 6.04 Å². The lowest BCUT2D eigenvalue weighted by atomic mass is 10.1. The molecule has 4 N–H and O–H groups in total. The molecule has 0 bridgehead atoms. The number of rotatable bonds is 6. The molecule has 1 aliphatic heterocycles. The van der Waals surface area contributed by atoms with Crippen molar-refractivity contribution >= 4 is 35.6 Å². The van der Waals surface area contributed by atoms with E-state index in [1.54, 1.807) is 24.3 Å². The summed E-state index contributed by atoms with van der Waals surface area (Å²) < 4.78 is 5.36. The van der Waals surface area contributed by atoms with Crippen molar-refractivity contribution in [2.24, 2.45) is 5.73 Å². The van der Waals surface area contributed by atoms with Crippen LogP contribution < -0.4 is 16.4 Å². The van der Waals surface area contributed by atoms with Gasteiger partial charge in [-0.15, -0.1) is 12.4 Å². The molecule has 2 amide bonds. The maximum Gasteiger partial charge on any atom is 0.253 e. The summed E-state index contributed by atoms with van der Waals surface area (Å²) >= 11 is 0. The van der Waals surface area contributed by atoms with Gasteiger partial charge in [-0.1, -0.05) is 30.3 Å². The van der Waals surface area contributed by atoms with Crippen LogP contribution in [-0.2, 0) is 20.7 Å². The Morgan fingerprint density at radius 1 is 1.04 bits per heavy atom. The van der Waals surface area contributed by atoms with Gasteiger partial charge in [-0.2, -0.15) is 0 Å². The van der Waals surface area contributed by atoms with Gasteiger partial charge < -0.3 is 21.1 Å². The van der Waals surface area contributed by atoms with E-state index >= 15 is 0 Å². The molecule has 2 aromatic rings. The minimum Gasteiger partial charge on any atom is -0.368 e. The molecule has 0 spiro atoms. The standard InChI is InChI=1S/C20H23N3O3.ClH/c21-17(13-14-5-2-1-3-6-14)19(24)22-15-8-10-16(11-9-15)23-20(25)18-7-4-12-26-18;/h1-3,5-6,8-11,17-18H,4,7,12-13,21H2,(H,22,24)(H,23,25);1H. The number of ether oxygens (including phenoxy) is 1. The van der Waals surface area contributed by atoms with E-state index in [0.29, 0.717) is 24.4 Å². The maximum atomic E-state index is 12.2. The van der Waals surface area contributed by atoms with E-state index in [1.807, 2.05) is 30.3 Å². The van der Waals surface area contributed by atoms with Crippen LogP contribution in [0.15, 0.2) is 54.6 Å². The van der Waals surface area contributed by atoms with Crippen LogP contribution in [0.5, 0.6) is 0 Å². The molecule has 1 aliphatic rings. The lowest BCUT2D eigenvalue weighted by Gasteiger charge is -2.13. The predicted octanol–water partition coefficient (Wildman–Crippen LogP) is 2.73. The average molecular weight is 390 g/mol. The second kappa shape index (κ2) is 10.1. The van der Waals surface area contributed by atoms with Crippen LogP contribution in [0.4, 0.5) is 11.4 Å². The highest BCUT2D eigenvalue weighted by molar-refractivity contribution is 5.96. The normalized spacial score (nSPS) is 16.9. The zero-order chi connectivity index (χ0) is 18.4. The minimum absolute atomic E-state index is 0. The molecule has 3 rings (SSSR count). The van der Waals surface area contributed by atoms with Crippen LogP contribution in [0.25, 0.3) is 0 Å². The Bertz CT molecular complexity index is 747. The lowest BCUT2D eigenvalue weighted by molar-refractivity contribution is -0.124. The molecule has 1 fully saturated rings. The van der Waals surface area contributed by atoms with Crippen molar-refractivity contribution in [3.63, 3.8) is 0 Å². The third-order valence-corrected chi connectivity index (χ3v) is 4.28. The van der Waals surface area contributed by atoms with Crippen LogP contribution in [-0.4, -0.2) is 30.6 Å². The molecule has 144 valence electrons. The summed E-state index contributed by atoms with van der Waals surface area (Å²) in [6.45, 7) is 0.631. The summed E-state index contributed by atoms with van der Waals surface area (Å²) in [5, 5.41) is 5.61. The third kappa shape index (κ3) is 6.06. The topological polar surface area (TPSA) is 93.5 Å². The van der Waals surface area contributed by atoms with Gasteiger partial charge in [-0.05, 0) is 49.1 Å². The fourth-order valence-corrected chi connectivity index (χ4v) is 2.84. The van der Waals surface area contributed by atoms with Crippen molar-refractivity contribution in [2.45, 2.75) is 31.4 Å².